The van der Waals surface area contributed by atoms with Crippen molar-refractivity contribution in [2.24, 2.45) is 5.73 Å². The third kappa shape index (κ3) is 2.01. The van der Waals surface area contributed by atoms with E-state index in [0.29, 0.717) is 16.5 Å². The van der Waals surface area contributed by atoms with E-state index in [1.54, 1.807) is 6.92 Å². The fourth-order valence-corrected chi connectivity index (χ4v) is 2.36. The molecule has 0 aliphatic rings. The zero-order valence-corrected chi connectivity index (χ0v) is 10.3. The van der Waals surface area contributed by atoms with E-state index < -0.39 is 15.0 Å². The molecule has 1 amide bonds. The Morgan fingerprint density at radius 1 is 1.41 bits per heavy atom. The van der Waals surface area contributed by atoms with Crippen LogP contribution in [0.1, 0.15) is 16.1 Å². The first-order valence-corrected chi connectivity index (χ1v) is 6.89. The smallest absolute Gasteiger partial charge is 0.284 e. The number of halogens is 1. The van der Waals surface area contributed by atoms with Gasteiger partial charge < -0.3 is 10.2 Å². The number of hydrogen-bond acceptors (Lipinski definition) is 4. The predicted octanol–water partition coefficient (Wildman–Crippen LogP) is 1.77. The van der Waals surface area contributed by atoms with Gasteiger partial charge in [-0.25, -0.2) is 8.42 Å². The van der Waals surface area contributed by atoms with Crippen molar-refractivity contribution in [2.75, 3.05) is 0 Å². The van der Waals surface area contributed by atoms with E-state index in [2.05, 4.69) is 0 Å². The van der Waals surface area contributed by atoms with Crippen LogP contribution in [-0.4, -0.2) is 14.3 Å². The summed E-state index contributed by atoms with van der Waals surface area (Å²) in [6.45, 7) is 1.62. The Kier molecular flexibility index (Phi) is 2.63. The molecule has 0 saturated carbocycles. The second-order valence-corrected chi connectivity index (χ2v) is 6.08. The zero-order valence-electron chi connectivity index (χ0n) is 8.73. The highest BCUT2D eigenvalue weighted by Crippen LogP contribution is 2.28. The molecule has 7 heteroatoms. The molecule has 17 heavy (non-hydrogen) atoms. The summed E-state index contributed by atoms with van der Waals surface area (Å²) in [6.07, 6.45) is 0. The number of primary amides is 1. The first-order valence-electron chi connectivity index (χ1n) is 4.58. The van der Waals surface area contributed by atoms with Crippen molar-refractivity contribution in [1.29, 1.82) is 0 Å². The highest BCUT2D eigenvalue weighted by molar-refractivity contribution is 8.13. The Balaban J connectivity index is 2.78. The predicted molar refractivity (Wildman–Crippen MR) is 62.5 cm³/mol. The maximum absolute atomic E-state index is 11.2. The van der Waals surface area contributed by atoms with E-state index >= 15 is 0 Å². The van der Waals surface area contributed by atoms with Crippen LogP contribution in [0, 0.1) is 6.92 Å². The van der Waals surface area contributed by atoms with Gasteiger partial charge in [-0.15, -0.1) is 0 Å². The number of amides is 1. The van der Waals surface area contributed by atoms with Crippen molar-refractivity contribution in [3.05, 3.63) is 29.5 Å². The maximum atomic E-state index is 11.2. The molecule has 2 N–H and O–H groups in total. The van der Waals surface area contributed by atoms with Crippen molar-refractivity contribution >= 4 is 36.6 Å². The SMILES string of the molecule is Cc1c(C(N)=O)oc2ccc(S(=O)(=O)Cl)cc12. The number of furan rings is 1. The molecule has 0 radical (unpaired) electrons. The van der Waals surface area contributed by atoms with Gasteiger partial charge in [-0.05, 0) is 25.1 Å². The minimum atomic E-state index is -3.81. The van der Waals surface area contributed by atoms with Gasteiger partial charge in [0, 0.05) is 21.6 Å². The van der Waals surface area contributed by atoms with Gasteiger partial charge in [-0.2, -0.15) is 0 Å². The molecule has 1 aromatic heterocycles. The average molecular weight is 274 g/mol. The largest absolute Gasteiger partial charge is 0.451 e. The van der Waals surface area contributed by atoms with Gasteiger partial charge in [0.2, 0.25) is 0 Å². The van der Waals surface area contributed by atoms with E-state index in [-0.39, 0.29) is 10.7 Å². The number of hydrogen-bond donors (Lipinski definition) is 1. The quantitative estimate of drug-likeness (QED) is 0.844. The van der Waals surface area contributed by atoms with Crippen LogP contribution in [0.15, 0.2) is 27.5 Å². The van der Waals surface area contributed by atoms with Gasteiger partial charge in [-0.1, -0.05) is 0 Å². The molecule has 2 aromatic rings. The standard InChI is InChI=1S/C10H8ClNO4S/c1-5-7-4-6(17(11,14)15)2-3-8(7)16-9(5)10(12)13/h2-4H,1H3,(H2,12,13). The fraction of sp³-hybridized carbons (Fsp3) is 0.100. The number of nitrogens with two attached hydrogens (primary N) is 1. The van der Waals surface area contributed by atoms with E-state index in [4.69, 9.17) is 20.8 Å². The van der Waals surface area contributed by atoms with Crippen LogP contribution in [0.25, 0.3) is 11.0 Å². The van der Waals surface area contributed by atoms with E-state index in [0.717, 1.165) is 0 Å². The molecule has 0 unspecified atom stereocenters. The van der Waals surface area contributed by atoms with Crippen LogP contribution in [0.4, 0.5) is 0 Å². The highest BCUT2D eigenvalue weighted by Gasteiger charge is 2.17. The van der Waals surface area contributed by atoms with Crippen LogP contribution in [-0.2, 0) is 9.05 Å². The van der Waals surface area contributed by atoms with Gasteiger partial charge in [-0.3, -0.25) is 4.79 Å². The Bertz CT molecular complexity index is 717. The number of benzene rings is 1. The van der Waals surface area contributed by atoms with Crippen molar-refractivity contribution in [3.63, 3.8) is 0 Å². The Hall–Kier alpha value is -1.53. The topological polar surface area (TPSA) is 90.4 Å². The summed E-state index contributed by atoms with van der Waals surface area (Å²) in [5.41, 5.74) is 6.01. The third-order valence-corrected chi connectivity index (χ3v) is 3.76. The summed E-state index contributed by atoms with van der Waals surface area (Å²) < 4.78 is 27.6. The van der Waals surface area contributed by atoms with Crippen molar-refractivity contribution in [2.45, 2.75) is 11.8 Å². The first kappa shape index (κ1) is 11.9. The lowest BCUT2D eigenvalue weighted by Crippen LogP contribution is -2.10. The van der Waals surface area contributed by atoms with Crippen LogP contribution < -0.4 is 5.73 Å². The lowest BCUT2D eigenvalue weighted by Gasteiger charge is -1.95. The highest BCUT2D eigenvalue weighted by atomic mass is 35.7. The van der Waals surface area contributed by atoms with Crippen molar-refractivity contribution in [1.82, 2.24) is 0 Å². The molecule has 1 heterocycles. The lowest BCUT2D eigenvalue weighted by molar-refractivity contribution is 0.0975. The molecule has 5 nitrogen and oxygen atoms in total. The van der Waals surface area contributed by atoms with Crippen molar-refractivity contribution in [3.8, 4) is 0 Å². The number of carbonyl (C=O) groups is 1. The molecule has 1 aromatic carbocycles. The Labute approximate surface area is 102 Å². The lowest BCUT2D eigenvalue weighted by atomic mass is 10.1. The normalized spacial score (nSPS) is 11.9. The molecule has 0 saturated heterocycles. The Morgan fingerprint density at radius 2 is 2.06 bits per heavy atom. The summed E-state index contributed by atoms with van der Waals surface area (Å²) in [7, 11) is 1.42. The molecule has 0 atom stereocenters. The second kappa shape index (κ2) is 3.75. The number of carbonyl (C=O) groups excluding carboxylic acids is 1. The molecular formula is C10H8ClNO4S. The van der Waals surface area contributed by atoms with E-state index in [9.17, 15) is 13.2 Å². The Morgan fingerprint density at radius 3 is 2.59 bits per heavy atom. The molecule has 0 spiro atoms. The molecule has 0 bridgehead atoms. The third-order valence-electron chi connectivity index (χ3n) is 2.41. The van der Waals surface area contributed by atoms with Crippen LogP contribution in [0.3, 0.4) is 0 Å². The summed E-state index contributed by atoms with van der Waals surface area (Å²) in [4.78, 5) is 11.0. The molecular weight excluding hydrogens is 266 g/mol. The van der Waals surface area contributed by atoms with Crippen LogP contribution >= 0.6 is 10.7 Å². The number of fused-ring (bicyclic) bond motifs is 1. The van der Waals surface area contributed by atoms with Gasteiger partial charge in [0.25, 0.3) is 15.0 Å². The summed E-state index contributed by atoms with van der Waals surface area (Å²) in [5.74, 6) is -0.682. The minimum Gasteiger partial charge on any atom is -0.451 e. The van der Waals surface area contributed by atoms with Crippen LogP contribution in [0.2, 0.25) is 0 Å². The maximum Gasteiger partial charge on any atom is 0.284 e. The summed E-state index contributed by atoms with van der Waals surface area (Å²) in [6, 6.07) is 4.09. The van der Waals surface area contributed by atoms with Gasteiger partial charge in [0.05, 0.1) is 4.90 Å². The second-order valence-electron chi connectivity index (χ2n) is 3.52. The van der Waals surface area contributed by atoms with Gasteiger partial charge >= 0.3 is 0 Å². The van der Waals surface area contributed by atoms with Gasteiger partial charge in [0.1, 0.15) is 5.58 Å². The van der Waals surface area contributed by atoms with E-state index in [1.807, 2.05) is 0 Å². The van der Waals surface area contributed by atoms with Crippen LogP contribution in [0.5, 0.6) is 0 Å². The number of rotatable bonds is 2. The molecule has 0 fully saturated rings. The molecule has 0 aliphatic heterocycles. The minimum absolute atomic E-state index is 0.0177. The monoisotopic (exact) mass is 273 g/mol. The summed E-state index contributed by atoms with van der Waals surface area (Å²) in [5, 5.41) is 0.500. The molecule has 2 rings (SSSR count). The zero-order chi connectivity index (χ0) is 12.8. The molecule has 90 valence electrons. The average Bonchev–Trinajstić information content (AvgIpc) is 2.54. The van der Waals surface area contributed by atoms with E-state index in [1.165, 1.54) is 18.2 Å². The fourth-order valence-electron chi connectivity index (χ4n) is 1.59. The number of aryl methyl sites for hydroxylation is 1. The first-order chi connectivity index (χ1) is 7.80. The summed E-state index contributed by atoms with van der Waals surface area (Å²) >= 11 is 0. The van der Waals surface area contributed by atoms with Crippen molar-refractivity contribution < 1.29 is 17.6 Å². The molecule has 0 aliphatic carbocycles. The van der Waals surface area contributed by atoms with Gasteiger partial charge in [0.15, 0.2) is 5.76 Å².